The second kappa shape index (κ2) is 6.44. The molecule has 1 saturated heterocycles. The van der Waals surface area contributed by atoms with E-state index in [-0.39, 0.29) is 23.4 Å². The molecule has 0 aromatic rings. The Morgan fingerprint density at radius 1 is 1.27 bits per heavy atom. The monoisotopic (exact) mass is 312 g/mol. The van der Waals surface area contributed by atoms with Crippen molar-refractivity contribution in [2.75, 3.05) is 13.2 Å². The number of hydrogen-bond donors (Lipinski definition) is 2. The molecule has 2 fully saturated rings. The van der Waals surface area contributed by atoms with Crippen LogP contribution in [0.1, 0.15) is 53.4 Å². The minimum absolute atomic E-state index is 0.0123. The van der Waals surface area contributed by atoms with Crippen molar-refractivity contribution < 1.29 is 19.1 Å². The Hall–Kier alpha value is -1.30. The summed E-state index contributed by atoms with van der Waals surface area (Å²) >= 11 is 0. The average Bonchev–Trinajstić information content (AvgIpc) is 2.96. The second-order valence-electron chi connectivity index (χ2n) is 7.71. The maximum absolute atomic E-state index is 12.4. The molecule has 0 spiro atoms. The molecule has 0 aromatic carbocycles. The highest BCUT2D eigenvalue weighted by Gasteiger charge is 2.37. The Morgan fingerprint density at radius 3 is 2.59 bits per heavy atom. The smallest absolute Gasteiger partial charge is 0.407 e. The number of alkyl carbamates (subject to hydrolysis) is 1. The third-order valence-corrected chi connectivity index (χ3v) is 4.17. The highest BCUT2D eigenvalue weighted by molar-refractivity contribution is 5.80. The van der Waals surface area contributed by atoms with Crippen LogP contribution in [0.5, 0.6) is 0 Å². The molecular formula is C16H28N2O4. The van der Waals surface area contributed by atoms with Crippen molar-refractivity contribution in [3.8, 4) is 0 Å². The van der Waals surface area contributed by atoms with Gasteiger partial charge in [-0.2, -0.15) is 0 Å². The van der Waals surface area contributed by atoms with Crippen LogP contribution in [-0.2, 0) is 14.3 Å². The van der Waals surface area contributed by atoms with E-state index in [2.05, 4.69) is 10.6 Å². The summed E-state index contributed by atoms with van der Waals surface area (Å²) in [5, 5.41) is 5.96. The Labute approximate surface area is 132 Å². The summed E-state index contributed by atoms with van der Waals surface area (Å²) < 4.78 is 10.6. The maximum Gasteiger partial charge on any atom is 0.407 e. The van der Waals surface area contributed by atoms with Crippen LogP contribution in [-0.4, -0.2) is 42.4 Å². The van der Waals surface area contributed by atoms with E-state index in [0.717, 1.165) is 19.3 Å². The molecule has 3 unspecified atom stereocenters. The molecule has 0 bridgehead atoms. The predicted molar refractivity (Wildman–Crippen MR) is 82.5 cm³/mol. The molecule has 2 aliphatic rings. The van der Waals surface area contributed by atoms with Crippen molar-refractivity contribution in [3.63, 3.8) is 0 Å². The van der Waals surface area contributed by atoms with Gasteiger partial charge in [0.2, 0.25) is 5.91 Å². The van der Waals surface area contributed by atoms with E-state index in [1.165, 1.54) is 0 Å². The van der Waals surface area contributed by atoms with E-state index in [4.69, 9.17) is 9.47 Å². The Morgan fingerprint density at radius 2 is 2.00 bits per heavy atom. The fraction of sp³-hybridized carbons (Fsp3) is 0.875. The molecule has 2 rings (SSSR count). The van der Waals surface area contributed by atoms with Gasteiger partial charge in [-0.05, 0) is 53.4 Å². The lowest BCUT2D eigenvalue weighted by Crippen LogP contribution is -2.48. The summed E-state index contributed by atoms with van der Waals surface area (Å²) in [4.78, 5) is 24.1. The zero-order valence-electron chi connectivity index (χ0n) is 14.0. The molecule has 6 nitrogen and oxygen atoms in total. The van der Waals surface area contributed by atoms with Crippen LogP contribution in [0.15, 0.2) is 0 Å². The van der Waals surface area contributed by atoms with E-state index in [1.807, 2.05) is 27.7 Å². The lowest BCUT2D eigenvalue weighted by molar-refractivity contribution is -0.126. The molecule has 126 valence electrons. The van der Waals surface area contributed by atoms with Gasteiger partial charge in [0, 0.05) is 18.6 Å². The number of amides is 2. The van der Waals surface area contributed by atoms with Gasteiger partial charge in [-0.1, -0.05) is 0 Å². The molecule has 1 saturated carbocycles. The molecule has 0 radical (unpaired) electrons. The predicted octanol–water partition coefficient (Wildman–Crippen LogP) is 1.97. The SMILES string of the molecule is CC1(NC(=O)C2CCC(NC(=O)OC(C)(C)C)C2)CCOC1. The van der Waals surface area contributed by atoms with Crippen LogP contribution < -0.4 is 10.6 Å². The zero-order chi connectivity index (χ0) is 16.4. The molecule has 1 aliphatic carbocycles. The van der Waals surface area contributed by atoms with E-state index in [0.29, 0.717) is 19.6 Å². The third kappa shape index (κ3) is 4.87. The largest absolute Gasteiger partial charge is 0.444 e. The molecular weight excluding hydrogens is 284 g/mol. The molecule has 3 atom stereocenters. The number of carbonyl (C=O) groups excluding carboxylic acids is 2. The summed E-state index contributed by atoms with van der Waals surface area (Å²) in [6.07, 6.45) is 2.72. The van der Waals surface area contributed by atoms with Gasteiger partial charge in [0.1, 0.15) is 5.60 Å². The van der Waals surface area contributed by atoms with E-state index >= 15 is 0 Å². The molecule has 2 N–H and O–H groups in total. The lowest BCUT2D eigenvalue weighted by atomic mass is 9.99. The highest BCUT2D eigenvalue weighted by Crippen LogP contribution is 2.28. The Bertz CT molecular complexity index is 424. The van der Waals surface area contributed by atoms with Gasteiger partial charge in [0.15, 0.2) is 0 Å². The minimum atomic E-state index is -0.503. The summed E-state index contributed by atoms with van der Waals surface area (Å²) in [6.45, 7) is 8.80. The summed E-state index contributed by atoms with van der Waals surface area (Å²) in [5.41, 5.74) is -0.746. The van der Waals surface area contributed by atoms with E-state index in [1.54, 1.807) is 0 Å². The Balaban J connectivity index is 1.77. The van der Waals surface area contributed by atoms with Gasteiger partial charge in [0.25, 0.3) is 0 Å². The van der Waals surface area contributed by atoms with Crippen LogP contribution in [0, 0.1) is 5.92 Å². The van der Waals surface area contributed by atoms with Crippen molar-refractivity contribution in [1.29, 1.82) is 0 Å². The quantitative estimate of drug-likeness (QED) is 0.835. The highest BCUT2D eigenvalue weighted by atomic mass is 16.6. The van der Waals surface area contributed by atoms with Gasteiger partial charge in [-0.15, -0.1) is 0 Å². The van der Waals surface area contributed by atoms with Gasteiger partial charge >= 0.3 is 6.09 Å². The lowest BCUT2D eigenvalue weighted by Gasteiger charge is -2.25. The number of ether oxygens (including phenoxy) is 2. The molecule has 6 heteroatoms. The molecule has 2 amide bonds. The number of hydrogen-bond acceptors (Lipinski definition) is 4. The minimum Gasteiger partial charge on any atom is -0.444 e. The van der Waals surface area contributed by atoms with Gasteiger partial charge in [0.05, 0.1) is 12.1 Å². The summed E-state index contributed by atoms with van der Waals surface area (Å²) in [7, 11) is 0. The first-order chi connectivity index (χ1) is 10.2. The molecule has 22 heavy (non-hydrogen) atoms. The zero-order valence-corrected chi connectivity index (χ0v) is 14.0. The first-order valence-corrected chi connectivity index (χ1v) is 8.06. The van der Waals surface area contributed by atoms with Crippen LogP contribution in [0.4, 0.5) is 4.79 Å². The van der Waals surface area contributed by atoms with Crippen LogP contribution in [0.25, 0.3) is 0 Å². The topological polar surface area (TPSA) is 76.7 Å². The number of carbonyl (C=O) groups is 2. The van der Waals surface area contributed by atoms with Crippen molar-refractivity contribution in [2.45, 2.75) is 70.6 Å². The fourth-order valence-electron chi connectivity index (χ4n) is 2.99. The number of rotatable bonds is 3. The third-order valence-electron chi connectivity index (χ3n) is 4.17. The fourth-order valence-corrected chi connectivity index (χ4v) is 2.99. The van der Waals surface area contributed by atoms with Crippen LogP contribution >= 0.6 is 0 Å². The van der Waals surface area contributed by atoms with Gasteiger partial charge in [-0.25, -0.2) is 4.79 Å². The van der Waals surface area contributed by atoms with Gasteiger partial charge in [-0.3, -0.25) is 4.79 Å². The molecule has 1 heterocycles. The first-order valence-electron chi connectivity index (χ1n) is 8.06. The molecule has 0 aromatic heterocycles. The van der Waals surface area contributed by atoms with Crippen LogP contribution in [0.3, 0.4) is 0 Å². The normalized spacial score (nSPS) is 31.8. The number of nitrogens with one attached hydrogen (secondary N) is 2. The van der Waals surface area contributed by atoms with Crippen molar-refractivity contribution in [3.05, 3.63) is 0 Å². The summed E-state index contributed by atoms with van der Waals surface area (Å²) in [5.74, 6) is 0.0267. The van der Waals surface area contributed by atoms with Crippen molar-refractivity contribution >= 4 is 12.0 Å². The summed E-state index contributed by atoms with van der Waals surface area (Å²) in [6, 6.07) is 0.0123. The Kier molecular flexibility index (Phi) is 5.00. The second-order valence-corrected chi connectivity index (χ2v) is 7.71. The standard InChI is InChI=1S/C16H28N2O4/c1-15(2,3)22-14(20)17-12-6-5-11(9-12)13(19)18-16(4)7-8-21-10-16/h11-12H,5-10H2,1-4H3,(H,17,20)(H,18,19). The van der Waals surface area contributed by atoms with E-state index in [9.17, 15) is 9.59 Å². The van der Waals surface area contributed by atoms with Crippen LogP contribution in [0.2, 0.25) is 0 Å². The first kappa shape index (κ1) is 17.1. The van der Waals surface area contributed by atoms with Crippen molar-refractivity contribution in [2.24, 2.45) is 5.92 Å². The van der Waals surface area contributed by atoms with E-state index < -0.39 is 11.7 Å². The average molecular weight is 312 g/mol. The van der Waals surface area contributed by atoms with Crippen molar-refractivity contribution in [1.82, 2.24) is 10.6 Å². The van der Waals surface area contributed by atoms with Gasteiger partial charge < -0.3 is 20.1 Å². The maximum atomic E-state index is 12.4. The molecule has 1 aliphatic heterocycles.